The summed E-state index contributed by atoms with van der Waals surface area (Å²) in [6, 6.07) is 13.3. The van der Waals surface area contributed by atoms with Gasteiger partial charge in [-0.2, -0.15) is 0 Å². The number of likely N-dealkylation sites (tertiary alicyclic amines) is 1. The Morgan fingerprint density at radius 2 is 1.89 bits per heavy atom. The summed E-state index contributed by atoms with van der Waals surface area (Å²) in [6.45, 7) is 2.56. The van der Waals surface area contributed by atoms with Gasteiger partial charge in [-0.15, -0.1) is 0 Å². The van der Waals surface area contributed by atoms with Crippen LogP contribution in [-0.2, 0) is 11.3 Å². The molecule has 1 aliphatic heterocycles. The molecule has 1 aliphatic rings. The number of methoxy groups -OCH3 is 2. The van der Waals surface area contributed by atoms with Crippen LogP contribution < -0.4 is 14.8 Å². The summed E-state index contributed by atoms with van der Waals surface area (Å²) < 4.78 is 10.6. The average molecular weight is 389 g/mol. The number of hydrogen-bond donors (Lipinski definition) is 1. The van der Waals surface area contributed by atoms with Crippen LogP contribution in [0.3, 0.4) is 0 Å². The molecule has 0 atom stereocenters. The molecule has 0 bridgehead atoms. The maximum absolute atomic E-state index is 12.7. The fourth-order valence-electron chi connectivity index (χ4n) is 3.37. The van der Waals surface area contributed by atoms with Crippen LogP contribution in [0.5, 0.6) is 11.5 Å². The third-order valence-electron chi connectivity index (χ3n) is 4.97. The summed E-state index contributed by atoms with van der Waals surface area (Å²) in [7, 11) is 3.19. The third kappa shape index (κ3) is 4.93. The van der Waals surface area contributed by atoms with E-state index in [9.17, 15) is 4.79 Å². The minimum absolute atomic E-state index is 0.0107. The molecule has 0 aliphatic carbocycles. The number of halogens is 1. The van der Waals surface area contributed by atoms with Gasteiger partial charge in [-0.25, -0.2) is 0 Å². The van der Waals surface area contributed by atoms with Crippen molar-refractivity contribution >= 4 is 23.2 Å². The van der Waals surface area contributed by atoms with E-state index in [-0.39, 0.29) is 11.8 Å². The quantitative estimate of drug-likeness (QED) is 0.805. The lowest BCUT2D eigenvalue weighted by Crippen LogP contribution is -2.37. The van der Waals surface area contributed by atoms with Gasteiger partial charge < -0.3 is 14.8 Å². The number of carbonyl (C=O) groups excluding carboxylic acids is 1. The molecule has 5 nitrogen and oxygen atoms in total. The Morgan fingerprint density at radius 1 is 1.15 bits per heavy atom. The lowest BCUT2D eigenvalue weighted by molar-refractivity contribution is -0.121. The fourth-order valence-corrected chi connectivity index (χ4v) is 3.56. The third-order valence-corrected chi connectivity index (χ3v) is 5.34. The van der Waals surface area contributed by atoms with Crippen molar-refractivity contribution in [2.75, 3.05) is 32.6 Å². The Labute approximate surface area is 165 Å². The van der Waals surface area contributed by atoms with Crippen molar-refractivity contribution in [1.29, 1.82) is 0 Å². The number of anilines is 1. The minimum atomic E-state index is -0.0107. The Kier molecular flexibility index (Phi) is 6.58. The number of carbonyl (C=O) groups is 1. The number of ether oxygens (including phenoxy) is 2. The van der Waals surface area contributed by atoms with E-state index >= 15 is 0 Å². The van der Waals surface area contributed by atoms with Crippen molar-refractivity contribution in [3.63, 3.8) is 0 Å². The Bertz CT molecular complexity index is 789. The number of rotatable bonds is 6. The molecular formula is C21H25ClN2O3. The average Bonchev–Trinajstić information content (AvgIpc) is 2.70. The van der Waals surface area contributed by atoms with E-state index in [4.69, 9.17) is 21.1 Å². The SMILES string of the molecule is COc1ccc(OC)c(NC(=O)C2CCN(Cc3ccccc3Cl)CC2)c1. The predicted molar refractivity (Wildman–Crippen MR) is 108 cm³/mol. The topological polar surface area (TPSA) is 50.8 Å². The van der Waals surface area contributed by atoms with Gasteiger partial charge in [0.05, 0.1) is 19.9 Å². The largest absolute Gasteiger partial charge is 0.497 e. The molecular weight excluding hydrogens is 364 g/mol. The van der Waals surface area contributed by atoms with Crippen molar-refractivity contribution in [2.45, 2.75) is 19.4 Å². The standard InChI is InChI=1S/C21H25ClN2O3/c1-26-17-7-8-20(27-2)19(13-17)23-21(25)15-9-11-24(12-10-15)14-16-5-3-4-6-18(16)22/h3-8,13,15H,9-12,14H2,1-2H3,(H,23,25). The monoisotopic (exact) mass is 388 g/mol. The lowest BCUT2D eigenvalue weighted by Gasteiger charge is -2.31. The Hall–Kier alpha value is -2.24. The summed E-state index contributed by atoms with van der Waals surface area (Å²) >= 11 is 6.25. The van der Waals surface area contributed by atoms with Crippen LogP contribution in [0, 0.1) is 5.92 Å². The van der Waals surface area contributed by atoms with E-state index in [2.05, 4.69) is 16.3 Å². The molecule has 1 fully saturated rings. The predicted octanol–water partition coefficient (Wildman–Crippen LogP) is 4.21. The van der Waals surface area contributed by atoms with Gasteiger partial charge >= 0.3 is 0 Å². The van der Waals surface area contributed by atoms with Gasteiger partial charge in [-0.3, -0.25) is 9.69 Å². The van der Waals surface area contributed by atoms with Crippen LogP contribution in [-0.4, -0.2) is 38.1 Å². The maximum Gasteiger partial charge on any atom is 0.227 e. The molecule has 1 N–H and O–H groups in total. The van der Waals surface area contributed by atoms with Crippen LogP contribution in [0.2, 0.25) is 5.02 Å². The Morgan fingerprint density at radius 3 is 2.56 bits per heavy atom. The first-order valence-corrected chi connectivity index (χ1v) is 9.47. The smallest absolute Gasteiger partial charge is 0.227 e. The molecule has 6 heteroatoms. The van der Waals surface area contributed by atoms with E-state index < -0.39 is 0 Å². The molecule has 2 aromatic rings. The summed E-state index contributed by atoms with van der Waals surface area (Å²) in [6.07, 6.45) is 1.64. The van der Waals surface area contributed by atoms with Crippen molar-refractivity contribution in [1.82, 2.24) is 4.90 Å². The summed E-state index contributed by atoms with van der Waals surface area (Å²) in [5.74, 6) is 1.32. The first-order chi connectivity index (χ1) is 13.1. The zero-order chi connectivity index (χ0) is 19.2. The summed E-state index contributed by atoms with van der Waals surface area (Å²) in [4.78, 5) is 15.1. The Balaban J connectivity index is 1.57. The molecule has 0 unspecified atom stereocenters. The highest BCUT2D eigenvalue weighted by atomic mass is 35.5. The second kappa shape index (κ2) is 9.11. The molecule has 1 heterocycles. The van der Waals surface area contributed by atoms with E-state index in [1.807, 2.05) is 24.3 Å². The lowest BCUT2D eigenvalue weighted by atomic mass is 9.95. The van der Waals surface area contributed by atoms with Crippen LogP contribution in [0.4, 0.5) is 5.69 Å². The molecule has 2 aromatic carbocycles. The van der Waals surface area contributed by atoms with Gasteiger partial charge in [0.25, 0.3) is 0 Å². The van der Waals surface area contributed by atoms with Crippen LogP contribution in [0.15, 0.2) is 42.5 Å². The molecule has 3 rings (SSSR count). The number of nitrogens with one attached hydrogen (secondary N) is 1. The van der Waals surface area contributed by atoms with Gasteiger partial charge in [0.1, 0.15) is 11.5 Å². The van der Waals surface area contributed by atoms with E-state index in [1.54, 1.807) is 26.4 Å². The van der Waals surface area contributed by atoms with Crippen LogP contribution in [0.1, 0.15) is 18.4 Å². The van der Waals surface area contributed by atoms with Crippen molar-refractivity contribution in [3.05, 3.63) is 53.1 Å². The highest BCUT2D eigenvalue weighted by molar-refractivity contribution is 6.31. The zero-order valence-corrected chi connectivity index (χ0v) is 16.5. The highest BCUT2D eigenvalue weighted by Gasteiger charge is 2.26. The maximum atomic E-state index is 12.7. The first-order valence-electron chi connectivity index (χ1n) is 9.09. The zero-order valence-electron chi connectivity index (χ0n) is 15.7. The van der Waals surface area contributed by atoms with Gasteiger partial charge in [0.2, 0.25) is 5.91 Å². The van der Waals surface area contributed by atoms with Gasteiger partial charge in [-0.05, 0) is 49.7 Å². The van der Waals surface area contributed by atoms with E-state index in [1.165, 1.54) is 0 Å². The van der Waals surface area contributed by atoms with Crippen molar-refractivity contribution in [3.8, 4) is 11.5 Å². The first kappa shape index (κ1) is 19.5. The fraction of sp³-hybridized carbons (Fsp3) is 0.381. The molecule has 1 amide bonds. The number of nitrogens with zero attached hydrogens (tertiary/aromatic N) is 1. The molecule has 0 radical (unpaired) electrons. The van der Waals surface area contributed by atoms with E-state index in [0.717, 1.165) is 43.1 Å². The van der Waals surface area contributed by atoms with Crippen LogP contribution >= 0.6 is 11.6 Å². The normalized spacial score (nSPS) is 15.4. The second-order valence-corrected chi connectivity index (χ2v) is 7.10. The number of benzene rings is 2. The molecule has 0 saturated carbocycles. The van der Waals surface area contributed by atoms with Crippen molar-refractivity contribution < 1.29 is 14.3 Å². The molecule has 144 valence electrons. The van der Waals surface area contributed by atoms with E-state index in [0.29, 0.717) is 17.2 Å². The molecule has 27 heavy (non-hydrogen) atoms. The number of piperidine rings is 1. The molecule has 1 saturated heterocycles. The number of hydrogen-bond acceptors (Lipinski definition) is 4. The minimum Gasteiger partial charge on any atom is -0.497 e. The van der Waals surface area contributed by atoms with Crippen molar-refractivity contribution in [2.24, 2.45) is 5.92 Å². The van der Waals surface area contributed by atoms with Gasteiger partial charge in [-0.1, -0.05) is 29.8 Å². The molecule has 0 spiro atoms. The van der Waals surface area contributed by atoms with Gasteiger partial charge in [0, 0.05) is 23.6 Å². The molecule has 0 aromatic heterocycles. The van der Waals surface area contributed by atoms with Crippen LogP contribution in [0.25, 0.3) is 0 Å². The summed E-state index contributed by atoms with van der Waals surface area (Å²) in [5, 5.41) is 3.79. The second-order valence-electron chi connectivity index (χ2n) is 6.70. The number of amides is 1. The van der Waals surface area contributed by atoms with Gasteiger partial charge in [0.15, 0.2) is 0 Å². The highest BCUT2D eigenvalue weighted by Crippen LogP contribution is 2.30. The summed E-state index contributed by atoms with van der Waals surface area (Å²) in [5.41, 5.74) is 1.77.